The number of halogens is 2. The predicted octanol–water partition coefficient (Wildman–Crippen LogP) is 4.31. The second-order valence-corrected chi connectivity index (χ2v) is 5.52. The molecule has 1 aromatic heterocycles. The summed E-state index contributed by atoms with van der Waals surface area (Å²) >= 11 is 12.0. The van der Waals surface area contributed by atoms with E-state index in [0.29, 0.717) is 15.6 Å². The number of nitrogens with zero attached hydrogens (tertiary/aromatic N) is 2. The summed E-state index contributed by atoms with van der Waals surface area (Å²) < 4.78 is 0. The minimum Gasteiger partial charge on any atom is -0.266 e. The summed E-state index contributed by atoms with van der Waals surface area (Å²) in [5.74, 6) is -0.398. The molecule has 23 heavy (non-hydrogen) atoms. The lowest BCUT2D eigenvalue weighted by molar-refractivity contribution is 0.0950. The van der Waals surface area contributed by atoms with Crippen LogP contribution in [0, 0.1) is 0 Å². The van der Waals surface area contributed by atoms with E-state index in [1.165, 1.54) is 6.21 Å². The van der Waals surface area contributed by atoms with Gasteiger partial charge in [-0.25, -0.2) is 10.4 Å². The van der Waals surface area contributed by atoms with Gasteiger partial charge >= 0.3 is 0 Å². The molecule has 1 N–H and O–H groups in total. The summed E-state index contributed by atoms with van der Waals surface area (Å²) in [4.78, 5) is 16.4. The Morgan fingerprint density at radius 1 is 1.04 bits per heavy atom. The van der Waals surface area contributed by atoms with Crippen LogP contribution >= 0.6 is 23.2 Å². The van der Waals surface area contributed by atoms with Crippen LogP contribution in [0.4, 0.5) is 0 Å². The van der Waals surface area contributed by atoms with Crippen LogP contribution in [0.25, 0.3) is 10.9 Å². The Hall–Kier alpha value is -2.43. The monoisotopic (exact) mass is 343 g/mol. The van der Waals surface area contributed by atoms with Crippen LogP contribution < -0.4 is 5.43 Å². The lowest BCUT2D eigenvalue weighted by atomic mass is 10.2. The fourth-order valence-electron chi connectivity index (χ4n) is 2.03. The third-order valence-corrected chi connectivity index (χ3v) is 4.02. The lowest BCUT2D eigenvalue weighted by Crippen LogP contribution is -2.19. The van der Waals surface area contributed by atoms with Crippen molar-refractivity contribution in [3.05, 3.63) is 75.9 Å². The third-order valence-electron chi connectivity index (χ3n) is 3.18. The Labute approximate surface area is 142 Å². The first-order chi connectivity index (χ1) is 11.1. The Bertz CT molecular complexity index is 909. The van der Waals surface area contributed by atoms with E-state index in [2.05, 4.69) is 15.5 Å². The molecular formula is C17H11Cl2N3O. The molecule has 0 saturated heterocycles. The molecule has 114 valence electrons. The molecule has 0 aliphatic heterocycles. The maximum absolute atomic E-state index is 12.1. The first-order valence-corrected chi connectivity index (χ1v) is 7.54. The van der Waals surface area contributed by atoms with Crippen LogP contribution in [0.3, 0.4) is 0 Å². The van der Waals surface area contributed by atoms with Crippen LogP contribution in [-0.4, -0.2) is 17.1 Å². The van der Waals surface area contributed by atoms with Crippen molar-refractivity contribution in [3.63, 3.8) is 0 Å². The van der Waals surface area contributed by atoms with Gasteiger partial charge in [-0.1, -0.05) is 59.6 Å². The predicted molar refractivity (Wildman–Crippen MR) is 93.3 cm³/mol. The van der Waals surface area contributed by atoms with Crippen molar-refractivity contribution in [2.45, 2.75) is 0 Å². The first-order valence-electron chi connectivity index (χ1n) is 6.78. The van der Waals surface area contributed by atoms with Crippen molar-refractivity contribution in [1.82, 2.24) is 10.4 Å². The Morgan fingerprint density at radius 3 is 2.74 bits per heavy atom. The minimum absolute atomic E-state index is 0.290. The molecule has 0 aliphatic rings. The van der Waals surface area contributed by atoms with E-state index in [0.717, 1.165) is 10.9 Å². The van der Waals surface area contributed by atoms with E-state index in [1.807, 2.05) is 30.3 Å². The van der Waals surface area contributed by atoms with Gasteiger partial charge < -0.3 is 0 Å². The van der Waals surface area contributed by atoms with Gasteiger partial charge in [0.1, 0.15) is 5.69 Å². The Morgan fingerprint density at radius 2 is 1.87 bits per heavy atom. The topological polar surface area (TPSA) is 54.4 Å². The van der Waals surface area contributed by atoms with Crippen molar-refractivity contribution in [2.24, 2.45) is 5.10 Å². The number of para-hydroxylation sites is 1. The molecule has 4 nitrogen and oxygen atoms in total. The molecule has 3 rings (SSSR count). The van der Waals surface area contributed by atoms with Gasteiger partial charge in [-0.3, -0.25) is 4.79 Å². The highest BCUT2D eigenvalue weighted by Crippen LogP contribution is 2.24. The average Bonchev–Trinajstić information content (AvgIpc) is 2.58. The molecule has 0 atom stereocenters. The number of carbonyl (C=O) groups is 1. The quantitative estimate of drug-likeness (QED) is 0.569. The van der Waals surface area contributed by atoms with Crippen molar-refractivity contribution >= 4 is 46.2 Å². The zero-order valence-electron chi connectivity index (χ0n) is 11.8. The lowest BCUT2D eigenvalue weighted by Gasteiger charge is -2.02. The fraction of sp³-hybridized carbons (Fsp3) is 0. The van der Waals surface area contributed by atoms with Crippen molar-refractivity contribution in [2.75, 3.05) is 0 Å². The maximum atomic E-state index is 12.1. The van der Waals surface area contributed by atoms with Gasteiger partial charge in [0.15, 0.2) is 0 Å². The summed E-state index contributed by atoms with van der Waals surface area (Å²) in [6.45, 7) is 0. The van der Waals surface area contributed by atoms with Gasteiger partial charge in [-0.2, -0.15) is 5.10 Å². The van der Waals surface area contributed by atoms with E-state index < -0.39 is 5.91 Å². The molecule has 0 radical (unpaired) electrons. The zero-order valence-corrected chi connectivity index (χ0v) is 13.3. The van der Waals surface area contributed by atoms with Crippen LogP contribution in [0.15, 0.2) is 59.7 Å². The number of hydrazone groups is 1. The number of rotatable bonds is 3. The van der Waals surface area contributed by atoms with E-state index in [1.54, 1.807) is 24.3 Å². The molecule has 6 heteroatoms. The second-order valence-electron chi connectivity index (χ2n) is 4.73. The van der Waals surface area contributed by atoms with Crippen molar-refractivity contribution in [3.8, 4) is 0 Å². The molecule has 3 aromatic rings. The molecule has 0 aliphatic carbocycles. The van der Waals surface area contributed by atoms with Crippen LogP contribution in [0.1, 0.15) is 16.1 Å². The highest BCUT2D eigenvalue weighted by molar-refractivity contribution is 6.43. The maximum Gasteiger partial charge on any atom is 0.289 e. The van der Waals surface area contributed by atoms with Gasteiger partial charge in [0, 0.05) is 10.9 Å². The molecule has 0 spiro atoms. The highest BCUT2D eigenvalue weighted by Gasteiger charge is 2.07. The molecule has 0 saturated carbocycles. The number of pyridine rings is 1. The Balaban J connectivity index is 1.75. The number of nitrogens with one attached hydrogen (secondary N) is 1. The number of aromatic nitrogens is 1. The number of hydrogen-bond acceptors (Lipinski definition) is 3. The highest BCUT2D eigenvalue weighted by atomic mass is 35.5. The third kappa shape index (κ3) is 3.50. The summed E-state index contributed by atoms with van der Waals surface area (Å²) in [5, 5.41) is 5.68. The summed E-state index contributed by atoms with van der Waals surface area (Å²) in [6, 6.07) is 16.2. The van der Waals surface area contributed by atoms with E-state index in [-0.39, 0.29) is 5.69 Å². The molecule has 2 aromatic carbocycles. The number of amides is 1. The molecule has 1 heterocycles. The van der Waals surface area contributed by atoms with E-state index in [4.69, 9.17) is 23.2 Å². The summed E-state index contributed by atoms with van der Waals surface area (Å²) in [5.41, 5.74) is 4.08. The number of hydrogen-bond donors (Lipinski definition) is 1. The molecule has 0 fully saturated rings. The average molecular weight is 344 g/mol. The largest absolute Gasteiger partial charge is 0.289 e. The summed E-state index contributed by atoms with van der Waals surface area (Å²) in [6.07, 6.45) is 1.44. The van der Waals surface area contributed by atoms with Crippen molar-refractivity contribution in [1.29, 1.82) is 0 Å². The van der Waals surface area contributed by atoms with Gasteiger partial charge in [-0.15, -0.1) is 0 Å². The molecular weight excluding hydrogens is 333 g/mol. The zero-order chi connectivity index (χ0) is 16.2. The van der Waals surface area contributed by atoms with E-state index >= 15 is 0 Å². The smallest absolute Gasteiger partial charge is 0.266 e. The Kier molecular flexibility index (Phi) is 4.55. The van der Waals surface area contributed by atoms with Gasteiger partial charge in [-0.05, 0) is 18.2 Å². The number of benzene rings is 2. The van der Waals surface area contributed by atoms with Gasteiger partial charge in [0.05, 0.1) is 21.8 Å². The van der Waals surface area contributed by atoms with Crippen LogP contribution in [0.2, 0.25) is 10.0 Å². The first kappa shape index (κ1) is 15.5. The number of fused-ring (bicyclic) bond motifs is 1. The fourth-order valence-corrected chi connectivity index (χ4v) is 2.39. The standard InChI is InChI=1S/C17H11Cl2N3O/c18-13-6-3-5-12(16(13)19)10-20-22-17(23)15-9-8-11-4-1-2-7-14(11)21-15/h1-10H,(H,22,23)/b20-10+. The second kappa shape index (κ2) is 6.77. The molecule has 0 bridgehead atoms. The van der Waals surface area contributed by atoms with Crippen LogP contribution in [0.5, 0.6) is 0 Å². The van der Waals surface area contributed by atoms with Crippen molar-refractivity contribution < 1.29 is 4.79 Å². The minimum atomic E-state index is -0.398. The number of carbonyl (C=O) groups excluding carboxylic acids is 1. The van der Waals surface area contributed by atoms with Crippen LogP contribution in [-0.2, 0) is 0 Å². The SMILES string of the molecule is O=C(N/N=C/c1cccc(Cl)c1Cl)c1ccc2ccccc2n1. The van der Waals surface area contributed by atoms with Gasteiger partial charge in [0.2, 0.25) is 0 Å². The normalized spacial score (nSPS) is 11.0. The van der Waals surface area contributed by atoms with Gasteiger partial charge in [0.25, 0.3) is 5.91 Å². The summed E-state index contributed by atoms with van der Waals surface area (Å²) in [7, 11) is 0. The molecule has 0 unspecified atom stereocenters. The molecule has 1 amide bonds. The van der Waals surface area contributed by atoms with E-state index in [9.17, 15) is 4.79 Å².